The van der Waals surface area contributed by atoms with Crippen LogP contribution in [-0.2, 0) is 9.53 Å². The van der Waals surface area contributed by atoms with Crippen LogP contribution in [0.2, 0.25) is 0 Å². The molecule has 0 aliphatic heterocycles. The van der Waals surface area contributed by atoms with Gasteiger partial charge < -0.3 is 20.5 Å². The van der Waals surface area contributed by atoms with Crippen molar-refractivity contribution in [2.75, 3.05) is 26.9 Å². The topological polar surface area (TPSA) is 75.8 Å². The molecule has 0 aromatic rings. The van der Waals surface area contributed by atoms with Crippen molar-refractivity contribution in [1.29, 1.82) is 0 Å². The summed E-state index contributed by atoms with van der Waals surface area (Å²) in [5.41, 5.74) is 5.86. The van der Waals surface area contributed by atoms with E-state index in [1.807, 2.05) is 13.8 Å². The van der Waals surface area contributed by atoms with Gasteiger partial charge in [0.25, 0.3) is 0 Å². The Bertz CT molecular complexity index is 210. The number of hydrogen-bond donors (Lipinski definition) is 2. The molecule has 0 aromatic carbocycles. The van der Waals surface area contributed by atoms with Gasteiger partial charge in [0.15, 0.2) is 0 Å². The monoisotopic (exact) mass is 246 g/mol. The molecule has 0 aromatic heterocycles. The van der Waals surface area contributed by atoms with Gasteiger partial charge in [-0.25, -0.2) is 0 Å². The summed E-state index contributed by atoms with van der Waals surface area (Å²) in [6.07, 6.45) is 2.01. The minimum Gasteiger partial charge on any atom is -0.396 e. The highest BCUT2D eigenvalue weighted by atomic mass is 16.5. The van der Waals surface area contributed by atoms with E-state index < -0.39 is 6.04 Å². The summed E-state index contributed by atoms with van der Waals surface area (Å²) in [7, 11) is 1.63. The van der Waals surface area contributed by atoms with Gasteiger partial charge >= 0.3 is 0 Å². The Kier molecular flexibility index (Phi) is 9.03. The Morgan fingerprint density at radius 2 is 2.06 bits per heavy atom. The third-order valence-corrected chi connectivity index (χ3v) is 2.64. The van der Waals surface area contributed by atoms with Crippen molar-refractivity contribution in [3.05, 3.63) is 0 Å². The first-order valence-electron chi connectivity index (χ1n) is 6.20. The third-order valence-electron chi connectivity index (χ3n) is 2.64. The molecule has 5 heteroatoms. The van der Waals surface area contributed by atoms with Crippen molar-refractivity contribution in [3.8, 4) is 0 Å². The first-order valence-corrected chi connectivity index (χ1v) is 6.20. The van der Waals surface area contributed by atoms with Crippen molar-refractivity contribution in [1.82, 2.24) is 4.90 Å². The van der Waals surface area contributed by atoms with E-state index >= 15 is 0 Å². The molecule has 102 valence electrons. The molecular weight excluding hydrogens is 220 g/mol. The number of hydrogen-bond acceptors (Lipinski definition) is 4. The van der Waals surface area contributed by atoms with Gasteiger partial charge in [-0.15, -0.1) is 0 Å². The summed E-state index contributed by atoms with van der Waals surface area (Å²) in [5.74, 6) is -0.0375. The van der Waals surface area contributed by atoms with Crippen LogP contribution in [0.25, 0.3) is 0 Å². The quantitative estimate of drug-likeness (QED) is 0.576. The number of nitrogens with two attached hydrogens (primary N) is 1. The molecule has 0 heterocycles. The van der Waals surface area contributed by atoms with Crippen molar-refractivity contribution in [2.45, 2.75) is 45.2 Å². The highest BCUT2D eigenvalue weighted by Gasteiger charge is 2.22. The predicted molar refractivity (Wildman–Crippen MR) is 67.6 cm³/mol. The molecule has 0 aliphatic carbocycles. The van der Waals surface area contributed by atoms with E-state index in [1.54, 1.807) is 12.0 Å². The van der Waals surface area contributed by atoms with Gasteiger partial charge in [0.2, 0.25) is 5.91 Å². The van der Waals surface area contributed by atoms with E-state index in [2.05, 4.69) is 0 Å². The van der Waals surface area contributed by atoms with Gasteiger partial charge in [-0.2, -0.15) is 0 Å². The SMILES string of the molecule is COCCCC(N)C(=O)N(CCCO)C(C)C. The molecule has 0 radical (unpaired) electrons. The second-order valence-electron chi connectivity index (χ2n) is 4.44. The van der Waals surface area contributed by atoms with Crippen LogP contribution in [0.1, 0.15) is 33.1 Å². The number of amides is 1. The molecule has 0 fully saturated rings. The van der Waals surface area contributed by atoms with Crippen molar-refractivity contribution < 1.29 is 14.6 Å². The fraction of sp³-hybridized carbons (Fsp3) is 0.917. The predicted octanol–water partition coefficient (Wildman–Crippen LogP) is 0.360. The minimum absolute atomic E-state index is 0.0375. The third kappa shape index (κ3) is 6.61. The number of aliphatic hydroxyl groups is 1. The smallest absolute Gasteiger partial charge is 0.239 e. The van der Waals surface area contributed by atoms with E-state index in [-0.39, 0.29) is 18.6 Å². The van der Waals surface area contributed by atoms with Gasteiger partial charge in [0, 0.05) is 32.9 Å². The first kappa shape index (κ1) is 16.4. The van der Waals surface area contributed by atoms with E-state index in [0.29, 0.717) is 26.0 Å². The minimum atomic E-state index is -0.466. The van der Waals surface area contributed by atoms with Crippen LogP contribution in [0.3, 0.4) is 0 Å². The molecule has 0 saturated carbocycles. The molecule has 17 heavy (non-hydrogen) atoms. The zero-order chi connectivity index (χ0) is 13.3. The zero-order valence-corrected chi connectivity index (χ0v) is 11.2. The number of methoxy groups -OCH3 is 1. The molecule has 5 nitrogen and oxygen atoms in total. The number of carbonyl (C=O) groups excluding carboxylic acids is 1. The molecule has 0 rings (SSSR count). The molecule has 1 atom stereocenters. The molecule has 0 aliphatic rings. The summed E-state index contributed by atoms with van der Waals surface area (Å²) in [6.45, 7) is 5.19. The van der Waals surface area contributed by atoms with Crippen molar-refractivity contribution in [2.24, 2.45) is 5.73 Å². The molecule has 0 spiro atoms. The van der Waals surface area contributed by atoms with Gasteiger partial charge in [-0.05, 0) is 33.1 Å². The highest BCUT2D eigenvalue weighted by Crippen LogP contribution is 2.06. The number of carbonyl (C=O) groups is 1. The van der Waals surface area contributed by atoms with Gasteiger partial charge in [0.1, 0.15) is 0 Å². The van der Waals surface area contributed by atoms with E-state index in [0.717, 1.165) is 6.42 Å². The standard InChI is InChI=1S/C12H26N2O3/c1-10(2)14(7-5-8-15)12(16)11(13)6-4-9-17-3/h10-11,15H,4-9,13H2,1-3H3. The lowest BCUT2D eigenvalue weighted by atomic mass is 10.1. The zero-order valence-electron chi connectivity index (χ0n) is 11.2. The summed E-state index contributed by atoms with van der Waals surface area (Å²) in [5, 5.41) is 8.80. The van der Waals surface area contributed by atoms with Crippen LogP contribution >= 0.6 is 0 Å². The Labute approximate surface area is 104 Å². The van der Waals surface area contributed by atoms with Crippen LogP contribution in [0.4, 0.5) is 0 Å². The molecular formula is C12H26N2O3. The Balaban J connectivity index is 4.19. The van der Waals surface area contributed by atoms with Gasteiger partial charge in [-0.3, -0.25) is 4.79 Å². The summed E-state index contributed by atoms with van der Waals surface area (Å²) in [4.78, 5) is 13.8. The molecule has 1 unspecified atom stereocenters. The Morgan fingerprint density at radius 1 is 1.41 bits per heavy atom. The fourth-order valence-corrected chi connectivity index (χ4v) is 1.65. The maximum atomic E-state index is 12.1. The highest BCUT2D eigenvalue weighted by molar-refractivity contribution is 5.81. The maximum absolute atomic E-state index is 12.1. The Morgan fingerprint density at radius 3 is 2.53 bits per heavy atom. The van der Waals surface area contributed by atoms with E-state index in [4.69, 9.17) is 15.6 Å². The number of ether oxygens (including phenoxy) is 1. The van der Waals surface area contributed by atoms with Crippen LogP contribution in [-0.4, -0.2) is 54.9 Å². The molecule has 1 amide bonds. The van der Waals surface area contributed by atoms with Crippen molar-refractivity contribution in [3.63, 3.8) is 0 Å². The van der Waals surface area contributed by atoms with Gasteiger partial charge in [0.05, 0.1) is 6.04 Å². The first-order chi connectivity index (χ1) is 8.04. The van der Waals surface area contributed by atoms with Crippen LogP contribution < -0.4 is 5.73 Å². The number of aliphatic hydroxyl groups excluding tert-OH is 1. The van der Waals surface area contributed by atoms with Crippen LogP contribution in [0.15, 0.2) is 0 Å². The largest absolute Gasteiger partial charge is 0.396 e. The lowest BCUT2D eigenvalue weighted by Gasteiger charge is -2.29. The Hall–Kier alpha value is -0.650. The summed E-state index contributed by atoms with van der Waals surface area (Å²) in [6, 6.07) is -0.353. The van der Waals surface area contributed by atoms with Crippen LogP contribution in [0, 0.1) is 0 Å². The fourth-order valence-electron chi connectivity index (χ4n) is 1.65. The van der Waals surface area contributed by atoms with Gasteiger partial charge in [-0.1, -0.05) is 0 Å². The lowest BCUT2D eigenvalue weighted by molar-refractivity contribution is -0.134. The second-order valence-corrected chi connectivity index (χ2v) is 4.44. The average molecular weight is 246 g/mol. The van der Waals surface area contributed by atoms with E-state index in [1.165, 1.54) is 0 Å². The summed E-state index contributed by atoms with van der Waals surface area (Å²) < 4.78 is 4.93. The average Bonchev–Trinajstić information content (AvgIpc) is 2.29. The maximum Gasteiger partial charge on any atom is 0.239 e. The number of nitrogens with zero attached hydrogens (tertiary/aromatic N) is 1. The summed E-state index contributed by atoms with van der Waals surface area (Å²) >= 11 is 0. The van der Waals surface area contributed by atoms with E-state index in [9.17, 15) is 4.79 Å². The van der Waals surface area contributed by atoms with Crippen molar-refractivity contribution >= 4 is 5.91 Å². The molecule has 0 bridgehead atoms. The van der Waals surface area contributed by atoms with Crippen LogP contribution in [0.5, 0.6) is 0 Å². The lowest BCUT2D eigenvalue weighted by Crippen LogP contribution is -2.47. The molecule has 3 N–H and O–H groups in total. The normalized spacial score (nSPS) is 12.8. The second kappa shape index (κ2) is 9.39. The number of rotatable bonds is 9. The molecule has 0 saturated heterocycles.